The molecule has 0 bridgehead atoms. The van der Waals surface area contributed by atoms with E-state index >= 15 is 0 Å². The second-order valence-corrected chi connectivity index (χ2v) is 26.7. The van der Waals surface area contributed by atoms with Gasteiger partial charge in [-0.1, -0.05) is 57.8 Å². The third-order valence-corrected chi connectivity index (χ3v) is 16.0. The minimum Gasteiger partial charge on any atom is -0.536 e. The van der Waals surface area contributed by atoms with Crippen LogP contribution in [0, 0.1) is 0 Å². The molecule has 0 saturated heterocycles. The first-order valence-corrected chi connectivity index (χ1v) is 23.6. The summed E-state index contributed by atoms with van der Waals surface area (Å²) in [5.74, 6) is -1.26. The van der Waals surface area contributed by atoms with Gasteiger partial charge in [-0.15, -0.1) is 0 Å². The van der Waals surface area contributed by atoms with Gasteiger partial charge in [-0.05, 0) is 94.4 Å². The van der Waals surface area contributed by atoms with Crippen molar-refractivity contribution in [3.63, 3.8) is 0 Å². The molecule has 3 aliphatic carbocycles. The van der Waals surface area contributed by atoms with Crippen LogP contribution in [-0.4, -0.2) is 31.1 Å². The molecule has 0 unspecified atom stereocenters. The third kappa shape index (κ3) is 8.04. The Labute approximate surface area is 221 Å². The molecular weight excluding hydrogens is 514 g/mol. The molecule has 0 spiro atoms. The SMILES string of the molecule is C[Si](C)(C)OC(O[Si](C1CCCCC1)(C1CCCCC1)C1CCCCC1)=C(O[Si](C)(C)C)C(F)(F)F. The van der Waals surface area contributed by atoms with E-state index < -0.39 is 36.9 Å². The van der Waals surface area contributed by atoms with Gasteiger partial charge in [0.05, 0.1) is 0 Å². The van der Waals surface area contributed by atoms with Gasteiger partial charge in [0.25, 0.3) is 20.0 Å². The molecule has 0 atom stereocenters. The summed E-state index contributed by atoms with van der Waals surface area (Å²) >= 11 is 0. The average molecular weight is 565 g/mol. The summed E-state index contributed by atoms with van der Waals surface area (Å²) in [5, 5.41) is 0. The number of alkyl halides is 3. The van der Waals surface area contributed by atoms with Gasteiger partial charge in [0, 0.05) is 0 Å². The van der Waals surface area contributed by atoms with Gasteiger partial charge in [-0.3, -0.25) is 0 Å². The highest BCUT2D eigenvalue weighted by Gasteiger charge is 2.58. The van der Waals surface area contributed by atoms with E-state index in [9.17, 15) is 13.2 Å². The standard InChI is InChI=1S/C27H51F3O3Si3/c1-34(2,3)31-25(27(28,29)30)26(32-35(4,5)6)33-36(22-16-10-7-11-17-22,23-18-12-8-13-19-23)24-20-14-9-15-21-24/h22-24H,7-21H2,1-6H3. The lowest BCUT2D eigenvalue weighted by molar-refractivity contribution is -0.125. The third-order valence-electron chi connectivity index (χ3n) is 8.25. The zero-order valence-electron chi connectivity index (χ0n) is 23.7. The fourth-order valence-corrected chi connectivity index (χ4v) is 15.5. The molecule has 3 nitrogen and oxygen atoms in total. The first-order chi connectivity index (χ1) is 16.7. The minimum atomic E-state index is -4.64. The van der Waals surface area contributed by atoms with Crippen LogP contribution in [0.5, 0.6) is 0 Å². The van der Waals surface area contributed by atoms with Crippen molar-refractivity contribution >= 4 is 25.0 Å². The molecule has 9 heteroatoms. The molecule has 3 aliphatic rings. The van der Waals surface area contributed by atoms with Crippen LogP contribution in [0.1, 0.15) is 96.3 Å². The van der Waals surface area contributed by atoms with Crippen LogP contribution in [0.3, 0.4) is 0 Å². The fourth-order valence-electron chi connectivity index (χ4n) is 6.98. The lowest BCUT2D eigenvalue weighted by atomic mass is 9.98. The van der Waals surface area contributed by atoms with E-state index in [1.807, 2.05) is 19.6 Å². The molecule has 0 radical (unpaired) electrons. The zero-order chi connectivity index (χ0) is 26.6. The van der Waals surface area contributed by atoms with Crippen LogP contribution in [-0.2, 0) is 13.3 Å². The van der Waals surface area contributed by atoms with Gasteiger partial charge >= 0.3 is 6.18 Å². The largest absolute Gasteiger partial charge is 0.536 e. The molecule has 3 saturated carbocycles. The highest BCUT2D eigenvalue weighted by atomic mass is 28.4. The average Bonchev–Trinajstić information content (AvgIpc) is 2.80. The normalized spacial score (nSPS) is 23.2. The fraction of sp³-hybridized carbons (Fsp3) is 0.926. The van der Waals surface area contributed by atoms with Crippen LogP contribution in [0.25, 0.3) is 0 Å². The number of rotatable bonds is 9. The highest BCUT2D eigenvalue weighted by molar-refractivity contribution is 6.78. The van der Waals surface area contributed by atoms with Gasteiger partial charge in [0.1, 0.15) is 0 Å². The van der Waals surface area contributed by atoms with E-state index in [1.165, 1.54) is 57.8 Å². The first-order valence-electron chi connectivity index (χ1n) is 14.6. The number of halogens is 3. The summed E-state index contributed by atoms with van der Waals surface area (Å²) in [4.78, 5) is 0. The molecule has 0 aromatic heterocycles. The Bertz CT molecular complexity index is 680. The van der Waals surface area contributed by atoms with Crippen molar-refractivity contribution in [2.24, 2.45) is 0 Å². The summed E-state index contributed by atoms with van der Waals surface area (Å²) in [5.41, 5.74) is 1.25. The van der Waals surface area contributed by atoms with Crippen LogP contribution in [0.2, 0.25) is 55.9 Å². The Morgan fingerprint density at radius 3 is 1.14 bits per heavy atom. The van der Waals surface area contributed by atoms with Crippen LogP contribution in [0.4, 0.5) is 13.2 Å². The lowest BCUT2D eigenvalue weighted by Crippen LogP contribution is -2.54. The maximum atomic E-state index is 14.7. The summed E-state index contributed by atoms with van der Waals surface area (Å²) in [6.45, 7) is 11.3. The topological polar surface area (TPSA) is 27.7 Å². The summed E-state index contributed by atoms with van der Waals surface area (Å²) < 4.78 is 63.4. The van der Waals surface area contributed by atoms with Crippen molar-refractivity contribution in [3.05, 3.63) is 11.7 Å². The Balaban J connectivity index is 2.20. The summed E-state index contributed by atoms with van der Waals surface area (Å²) in [7, 11) is -7.68. The number of hydrogen-bond donors (Lipinski definition) is 0. The van der Waals surface area contributed by atoms with Gasteiger partial charge in [0.15, 0.2) is 0 Å². The summed E-state index contributed by atoms with van der Waals surface area (Å²) in [6, 6.07) is 0. The van der Waals surface area contributed by atoms with E-state index in [2.05, 4.69) is 0 Å². The second-order valence-electron chi connectivity index (χ2n) is 13.5. The maximum absolute atomic E-state index is 14.7. The maximum Gasteiger partial charge on any atom is 0.454 e. The van der Waals surface area contributed by atoms with Crippen molar-refractivity contribution in [1.82, 2.24) is 0 Å². The van der Waals surface area contributed by atoms with Gasteiger partial charge in [-0.2, -0.15) is 13.2 Å². The van der Waals surface area contributed by atoms with Gasteiger partial charge < -0.3 is 13.3 Å². The summed E-state index contributed by atoms with van der Waals surface area (Å²) in [6.07, 6.45) is 12.7. The molecule has 0 aromatic rings. The van der Waals surface area contributed by atoms with E-state index in [4.69, 9.17) is 13.3 Å². The predicted molar refractivity (Wildman–Crippen MR) is 149 cm³/mol. The zero-order valence-corrected chi connectivity index (χ0v) is 26.7. The van der Waals surface area contributed by atoms with Gasteiger partial charge in [-0.25, -0.2) is 0 Å². The van der Waals surface area contributed by atoms with Crippen LogP contribution >= 0.6 is 0 Å². The van der Waals surface area contributed by atoms with Crippen molar-refractivity contribution in [1.29, 1.82) is 0 Å². The Hall–Kier alpha value is -0.419. The smallest absolute Gasteiger partial charge is 0.454 e. The highest BCUT2D eigenvalue weighted by Crippen LogP contribution is 2.58. The molecular formula is C27H51F3O3Si3. The second kappa shape index (κ2) is 12.2. The van der Waals surface area contributed by atoms with Crippen molar-refractivity contribution < 1.29 is 26.4 Å². The van der Waals surface area contributed by atoms with Crippen molar-refractivity contribution in [2.45, 2.75) is 158 Å². The molecule has 210 valence electrons. The van der Waals surface area contributed by atoms with Gasteiger partial charge in [0.2, 0.25) is 16.6 Å². The molecule has 0 heterocycles. The Morgan fingerprint density at radius 2 is 0.861 bits per heavy atom. The first kappa shape index (κ1) is 30.1. The molecule has 0 aromatic carbocycles. The quantitative estimate of drug-likeness (QED) is 0.206. The van der Waals surface area contributed by atoms with Crippen molar-refractivity contribution in [2.75, 3.05) is 0 Å². The molecule has 3 fully saturated rings. The van der Waals surface area contributed by atoms with Crippen LogP contribution in [0.15, 0.2) is 11.7 Å². The molecule has 0 aliphatic heterocycles. The van der Waals surface area contributed by atoms with E-state index in [0.29, 0.717) is 16.6 Å². The van der Waals surface area contributed by atoms with E-state index in [0.717, 1.165) is 38.5 Å². The van der Waals surface area contributed by atoms with Crippen LogP contribution < -0.4 is 0 Å². The lowest BCUT2D eigenvalue weighted by Gasteiger charge is -2.52. The minimum absolute atomic E-state index is 0.280. The Kier molecular flexibility index (Phi) is 10.2. The molecule has 36 heavy (non-hydrogen) atoms. The number of allylic oxidation sites excluding steroid dienone is 1. The monoisotopic (exact) mass is 564 g/mol. The van der Waals surface area contributed by atoms with E-state index in [-0.39, 0.29) is 5.95 Å². The Morgan fingerprint density at radius 1 is 0.528 bits per heavy atom. The molecule has 0 amide bonds. The predicted octanol–water partition coefficient (Wildman–Crippen LogP) is 10.4. The molecule has 0 N–H and O–H groups in total. The molecule has 3 rings (SSSR count). The number of hydrogen-bond acceptors (Lipinski definition) is 3. The van der Waals surface area contributed by atoms with E-state index in [1.54, 1.807) is 19.6 Å². The van der Waals surface area contributed by atoms with Crippen molar-refractivity contribution in [3.8, 4) is 0 Å².